The number of nitrogens with zero attached hydrogens (tertiary/aromatic N) is 1. The summed E-state index contributed by atoms with van der Waals surface area (Å²) in [5.41, 5.74) is 4.75. The zero-order valence-corrected chi connectivity index (χ0v) is 18.3. The van der Waals surface area contributed by atoms with Crippen LogP contribution in [0.2, 0.25) is 0 Å². The van der Waals surface area contributed by atoms with Gasteiger partial charge in [-0.1, -0.05) is 42.5 Å². The number of rotatable bonds is 4. The molecule has 4 heteroatoms. The zero-order chi connectivity index (χ0) is 18.8. The largest absolute Gasteiger partial charge is 1.00 e. The molecule has 0 spiro atoms. The maximum absolute atomic E-state index is 5.47. The van der Waals surface area contributed by atoms with Crippen LogP contribution in [0.4, 0.5) is 0 Å². The van der Waals surface area contributed by atoms with Crippen LogP contribution in [-0.4, -0.2) is 14.2 Å². The molecule has 0 atom stereocenters. The monoisotopic (exact) mass is 483 g/mol. The van der Waals surface area contributed by atoms with Crippen molar-refractivity contribution in [2.75, 3.05) is 14.2 Å². The molecule has 0 aliphatic rings. The van der Waals surface area contributed by atoms with Gasteiger partial charge in [0, 0.05) is 17.0 Å². The Kier molecular flexibility index (Phi) is 6.19. The quantitative estimate of drug-likeness (QED) is 0.328. The summed E-state index contributed by atoms with van der Waals surface area (Å²) in [6.45, 7) is 0. The summed E-state index contributed by atoms with van der Waals surface area (Å²) >= 11 is 0. The Hall–Kier alpha value is -2.60. The van der Waals surface area contributed by atoms with Crippen molar-refractivity contribution in [3.63, 3.8) is 0 Å². The smallest absolute Gasteiger partial charge is 0.212 e. The van der Waals surface area contributed by atoms with Gasteiger partial charge in [0.2, 0.25) is 5.69 Å². The van der Waals surface area contributed by atoms with Crippen LogP contribution in [0.25, 0.3) is 33.2 Å². The first kappa shape index (κ1) is 20.1. The highest BCUT2D eigenvalue weighted by atomic mass is 127. The van der Waals surface area contributed by atoms with Gasteiger partial charge in [-0.05, 0) is 40.8 Å². The molecule has 3 nitrogen and oxygen atoms in total. The van der Waals surface area contributed by atoms with E-state index in [4.69, 9.17) is 9.47 Å². The molecule has 0 N–H and O–H groups in total. The maximum Gasteiger partial charge on any atom is 0.212 e. The first-order valence-corrected chi connectivity index (χ1v) is 8.91. The number of hydrogen-bond donors (Lipinski definition) is 0. The van der Waals surface area contributed by atoms with Crippen LogP contribution >= 0.6 is 0 Å². The summed E-state index contributed by atoms with van der Waals surface area (Å²) < 4.78 is 13.0. The number of methoxy groups -OCH3 is 2. The van der Waals surface area contributed by atoms with Gasteiger partial charge in [0.05, 0.1) is 14.2 Å². The van der Waals surface area contributed by atoms with Gasteiger partial charge in [-0.15, -0.1) is 0 Å². The molecular formula is C24H22INO2. The number of halogens is 1. The predicted octanol–water partition coefficient (Wildman–Crippen LogP) is 2.02. The standard InChI is InChI=1S/C24H22NO2.HI/c1-25-16-21-15-24(27-3)23(26-2)14-20(21)13-22(25)19-11-7-10-18(12-19)17-8-5-4-6-9-17;/h4-16H,1-3H3;1H/q+1;/p-1. The van der Waals surface area contributed by atoms with E-state index in [0.29, 0.717) is 0 Å². The van der Waals surface area contributed by atoms with E-state index in [9.17, 15) is 0 Å². The second-order valence-electron chi connectivity index (χ2n) is 6.55. The molecule has 4 aromatic rings. The first-order chi connectivity index (χ1) is 13.2. The summed E-state index contributed by atoms with van der Waals surface area (Å²) in [5, 5.41) is 2.23. The third-order valence-corrected chi connectivity index (χ3v) is 4.86. The summed E-state index contributed by atoms with van der Waals surface area (Å²) in [7, 11) is 5.39. The van der Waals surface area contributed by atoms with Gasteiger partial charge in [-0.2, -0.15) is 0 Å². The van der Waals surface area contributed by atoms with Crippen molar-refractivity contribution in [1.82, 2.24) is 0 Å². The van der Waals surface area contributed by atoms with Crippen molar-refractivity contribution in [3.8, 4) is 33.9 Å². The van der Waals surface area contributed by atoms with E-state index in [0.717, 1.165) is 28.0 Å². The van der Waals surface area contributed by atoms with Gasteiger partial charge in [-0.25, -0.2) is 4.57 Å². The number of benzene rings is 3. The van der Waals surface area contributed by atoms with Gasteiger partial charge < -0.3 is 33.5 Å². The average molecular weight is 483 g/mol. The molecule has 0 radical (unpaired) electrons. The number of aromatic nitrogens is 1. The average Bonchev–Trinajstić information content (AvgIpc) is 2.73. The molecule has 0 fully saturated rings. The lowest BCUT2D eigenvalue weighted by Gasteiger charge is -2.10. The highest BCUT2D eigenvalue weighted by molar-refractivity contribution is 5.87. The molecule has 0 aliphatic carbocycles. The van der Waals surface area contributed by atoms with Gasteiger partial charge >= 0.3 is 0 Å². The van der Waals surface area contributed by atoms with Crippen molar-refractivity contribution < 1.29 is 38.0 Å². The number of aryl methyl sites for hydroxylation is 1. The molecule has 1 heterocycles. The van der Waals surface area contributed by atoms with Crippen LogP contribution in [-0.2, 0) is 7.05 Å². The number of fused-ring (bicyclic) bond motifs is 1. The van der Waals surface area contributed by atoms with E-state index < -0.39 is 0 Å². The fourth-order valence-corrected chi connectivity index (χ4v) is 3.45. The Labute approximate surface area is 182 Å². The minimum absolute atomic E-state index is 0. The SMILES string of the molecule is COc1cc2cc(-c3cccc(-c4ccccc4)c3)[n+](C)cc2cc1OC.[I-]. The van der Waals surface area contributed by atoms with Crippen LogP contribution in [0.1, 0.15) is 0 Å². The van der Waals surface area contributed by atoms with Gasteiger partial charge in [0.25, 0.3) is 0 Å². The normalized spacial score (nSPS) is 10.4. The Balaban J connectivity index is 0.00000225. The van der Waals surface area contributed by atoms with Gasteiger partial charge in [0.1, 0.15) is 7.05 Å². The lowest BCUT2D eigenvalue weighted by atomic mass is 10.0. The van der Waals surface area contributed by atoms with Crippen LogP contribution in [0.3, 0.4) is 0 Å². The van der Waals surface area contributed by atoms with Crippen molar-refractivity contribution in [1.29, 1.82) is 0 Å². The highest BCUT2D eigenvalue weighted by Gasteiger charge is 2.15. The number of ether oxygens (including phenoxy) is 2. The van der Waals surface area contributed by atoms with Crippen molar-refractivity contribution in [2.45, 2.75) is 0 Å². The lowest BCUT2D eigenvalue weighted by molar-refractivity contribution is -0.659. The topological polar surface area (TPSA) is 22.3 Å². The molecule has 1 aromatic heterocycles. The van der Waals surface area contributed by atoms with E-state index in [2.05, 4.69) is 72.4 Å². The Morgan fingerprint density at radius 3 is 1.93 bits per heavy atom. The van der Waals surface area contributed by atoms with Crippen molar-refractivity contribution >= 4 is 10.8 Å². The molecule has 28 heavy (non-hydrogen) atoms. The molecule has 0 saturated heterocycles. The van der Waals surface area contributed by atoms with E-state index in [-0.39, 0.29) is 24.0 Å². The van der Waals surface area contributed by atoms with Gasteiger partial charge in [-0.3, -0.25) is 0 Å². The Morgan fingerprint density at radius 1 is 0.643 bits per heavy atom. The summed E-state index contributed by atoms with van der Waals surface area (Å²) in [5.74, 6) is 1.48. The summed E-state index contributed by atoms with van der Waals surface area (Å²) in [6, 6.07) is 25.3. The Bertz CT molecular complexity index is 1110. The van der Waals surface area contributed by atoms with E-state index in [1.807, 2.05) is 18.2 Å². The molecule has 0 amide bonds. The molecule has 3 aromatic carbocycles. The van der Waals surface area contributed by atoms with Gasteiger partial charge in [0.15, 0.2) is 17.7 Å². The van der Waals surface area contributed by atoms with Crippen LogP contribution < -0.4 is 38.0 Å². The minimum Gasteiger partial charge on any atom is -1.00 e. The summed E-state index contributed by atoms with van der Waals surface area (Å²) in [4.78, 5) is 0. The summed E-state index contributed by atoms with van der Waals surface area (Å²) in [6.07, 6.45) is 2.13. The molecule has 142 valence electrons. The van der Waals surface area contributed by atoms with E-state index >= 15 is 0 Å². The first-order valence-electron chi connectivity index (χ1n) is 8.91. The molecule has 0 saturated carbocycles. The second-order valence-corrected chi connectivity index (χ2v) is 6.55. The lowest BCUT2D eigenvalue weighted by Crippen LogP contribution is -3.00. The fraction of sp³-hybridized carbons (Fsp3) is 0.125. The van der Waals surface area contributed by atoms with Crippen LogP contribution in [0.5, 0.6) is 11.5 Å². The van der Waals surface area contributed by atoms with Crippen molar-refractivity contribution in [2.24, 2.45) is 7.05 Å². The predicted molar refractivity (Wildman–Crippen MR) is 109 cm³/mol. The number of pyridine rings is 1. The fourth-order valence-electron chi connectivity index (χ4n) is 3.45. The molecule has 0 aliphatic heterocycles. The van der Waals surface area contributed by atoms with Crippen molar-refractivity contribution in [3.05, 3.63) is 79.0 Å². The molecule has 4 rings (SSSR count). The van der Waals surface area contributed by atoms with E-state index in [1.165, 1.54) is 16.7 Å². The third-order valence-electron chi connectivity index (χ3n) is 4.86. The van der Waals surface area contributed by atoms with Crippen LogP contribution in [0, 0.1) is 0 Å². The molecule has 0 unspecified atom stereocenters. The minimum atomic E-state index is 0. The maximum atomic E-state index is 5.47. The van der Waals surface area contributed by atoms with E-state index in [1.54, 1.807) is 14.2 Å². The third kappa shape index (κ3) is 3.83. The van der Waals surface area contributed by atoms with Crippen LogP contribution in [0.15, 0.2) is 79.0 Å². The molecule has 0 bridgehead atoms. The highest BCUT2D eigenvalue weighted by Crippen LogP contribution is 2.33. The second kappa shape index (κ2) is 8.61. The zero-order valence-electron chi connectivity index (χ0n) is 16.1. The molecular weight excluding hydrogens is 461 g/mol. The number of hydrogen-bond acceptors (Lipinski definition) is 2. The Morgan fingerprint density at radius 2 is 1.25 bits per heavy atom.